The largest absolute Gasteiger partial charge is 0.491 e. The first kappa shape index (κ1) is 11.7. The third-order valence-corrected chi connectivity index (χ3v) is 2.89. The summed E-state index contributed by atoms with van der Waals surface area (Å²) in [7, 11) is 0. The summed E-state index contributed by atoms with van der Waals surface area (Å²) in [4.78, 5) is 4.26. The van der Waals surface area contributed by atoms with Gasteiger partial charge in [0.25, 0.3) is 0 Å². The van der Waals surface area contributed by atoms with Gasteiger partial charge in [0.15, 0.2) is 5.75 Å². The lowest BCUT2D eigenvalue weighted by molar-refractivity contribution is 0.329. The Labute approximate surface area is 94.0 Å². The van der Waals surface area contributed by atoms with Crippen molar-refractivity contribution in [1.29, 1.82) is 0 Å². The van der Waals surface area contributed by atoms with E-state index in [0.717, 1.165) is 22.9 Å². The third kappa shape index (κ3) is 3.76. The van der Waals surface area contributed by atoms with Crippen LogP contribution in [-0.2, 0) is 0 Å². The predicted molar refractivity (Wildman–Crippen MR) is 61.5 cm³/mol. The van der Waals surface area contributed by atoms with Crippen LogP contribution < -0.4 is 4.74 Å². The van der Waals surface area contributed by atoms with Crippen molar-refractivity contribution < 1.29 is 4.74 Å². The van der Waals surface area contributed by atoms with Gasteiger partial charge in [0.1, 0.15) is 5.03 Å². The van der Waals surface area contributed by atoms with Gasteiger partial charge >= 0.3 is 0 Å². The smallest absolute Gasteiger partial charge is 0.151 e. The lowest BCUT2D eigenvalue weighted by Gasteiger charge is -2.07. The Morgan fingerprint density at radius 3 is 3.14 bits per heavy atom. The normalized spacial score (nSPS) is 10.1. The van der Waals surface area contributed by atoms with Gasteiger partial charge in [-0.05, 0) is 25.5 Å². The van der Waals surface area contributed by atoms with Gasteiger partial charge in [-0.3, -0.25) is 0 Å². The van der Waals surface area contributed by atoms with Crippen molar-refractivity contribution in [3.05, 3.63) is 18.3 Å². The van der Waals surface area contributed by atoms with Crippen LogP contribution in [0.4, 0.5) is 0 Å². The van der Waals surface area contributed by atoms with E-state index in [9.17, 15) is 0 Å². The number of ether oxygens (including phenoxy) is 1. The molecule has 2 nitrogen and oxygen atoms in total. The van der Waals surface area contributed by atoms with Gasteiger partial charge in [0, 0.05) is 17.8 Å². The molecule has 0 radical (unpaired) electrons. The Balaban J connectivity index is 2.55. The van der Waals surface area contributed by atoms with Crippen LogP contribution in [0.1, 0.15) is 13.3 Å². The van der Waals surface area contributed by atoms with E-state index in [1.165, 1.54) is 0 Å². The molecular formula is C10H14ClNOS. The summed E-state index contributed by atoms with van der Waals surface area (Å²) in [5.41, 5.74) is 0. The summed E-state index contributed by atoms with van der Waals surface area (Å²) in [6, 6.07) is 3.83. The SMILES string of the molecule is CCOc1cccnc1SCCCCl. The van der Waals surface area contributed by atoms with Crippen LogP contribution in [0.25, 0.3) is 0 Å². The van der Waals surface area contributed by atoms with E-state index < -0.39 is 0 Å². The van der Waals surface area contributed by atoms with E-state index in [0.29, 0.717) is 12.5 Å². The minimum Gasteiger partial charge on any atom is -0.491 e. The van der Waals surface area contributed by atoms with Crippen molar-refractivity contribution in [3.8, 4) is 5.75 Å². The highest BCUT2D eigenvalue weighted by Gasteiger charge is 2.03. The number of pyridine rings is 1. The second-order valence-electron chi connectivity index (χ2n) is 2.63. The summed E-state index contributed by atoms with van der Waals surface area (Å²) in [5, 5.41) is 0.958. The van der Waals surface area contributed by atoms with Crippen LogP contribution in [0.2, 0.25) is 0 Å². The second-order valence-corrected chi connectivity index (χ2v) is 4.09. The Hall–Kier alpha value is -0.410. The van der Waals surface area contributed by atoms with Gasteiger partial charge in [0.2, 0.25) is 0 Å². The van der Waals surface area contributed by atoms with Crippen LogP contribution in [0.15, 0.2) is 23.4 Å². The molecule has 14 heavy (non-hydrogen) atoms. The number of rotatable bonds is 6. The molecule has 1 aromatic rings. The summed E-state index contributed by atoms with van der Waals surface area (Å²) in [6.07, 6.45) is 2.78. The fourth-order valence-corrected chi connectivity index (χ4v) is 2.15. The zero-order chi connectivity index (χ0) is 10.2. The van der Waals surface area contributed by atoms with Crippen LogP contribution >= 0.6 is 23.4 Å². The zero-order valence-corrected chi connectivity index (χ0v) is 9.77. The maximum atomic E-state index is 5.60. The van der Waals surface area contributed by atoms with Crippen LogP contribution in [0, 0.1) is 0 Å². The highest BCUT2D eigenvalue weighted by atomic mass is 35.5. The Bertz CT molecular complexity index is 270. The van der Waals surface area contributed by atoms with Gasteiger partial charge in [-0.1, -0.05) is 0 Å². The molecule has 0 amide bonds. The van der Waals surface area contributed by atoms with E-state index in [2.05, 4.69) is 4.98 Å². The number of aromatic nitrogens is 1. The Morgan fingerprint density at radius 1 is 1.57 bits per heavy atom. The number of alkyl halides is 1. The van der Waals surface area contributed by atoms with Gasteiger partial charge < -0.3 is 4.74 Å². The first-order chi connectivity index (χ1) is 6.88. The zero-order valence-electron chi connectivity index (χ0n) is 8.20. The molecule has 0 fully saturated rings. The first-order valence-corrected chi connectivity index (χ1v) is 6.17. The monoisotopic (exact) mass is 231 g/mol. The van der Waals surface area contributed by atoms with E-state index in [1.54, 1.807) is 18.0 Å². The molecule has 78 valence electrons. The van der Waals surface area contributed by atoms with E-state index in [4.69, 9.17) is 16.3 Å². The predicted octanol–water partition coefficient (Wildman–Crippen LogP) is 3.20. The number of nitrogens with zero attached hydrogens (tertiary/aromatic N) is 1. The molecule has 0 saturated heterocycles. The highest BCUT2D eigenvalue weighted by Crippen LogP contribution is 2.26. The van der Waals surface area contributed by atoms with Gasteiger partial charge in [-0.15, -0.1) is 23.4 Å². The molecule has 0 aliphatic rings. The average Bonchev–Trinajstić information content (AvgIpc) is 2.21. The molecule has 0 atom stereocenters. The molecule has 0 bridgehead atoms. The van der Waals surface area contributed by atoms with E-state index >= 15 is 0 Å². The molecule has 0 aliphatic carbocycles. The van der Waals surface area contributed by atoms with Crippen molar-refractivity contribution in [2.24, 2.45) is 0 Å². The minimum absolute atomic E-state index is 0.675. The fourth-order valence-electron chi connectivity index (χ4n) is 0.973. The number of halogens is 1. The van der Waals surface area contributed by atoms with Crippen LogP contribution in [0.3, 0.4) is 0 Å². The minimum atomic E-state index is 0.675. The topological polar surface area (TPSA) is 22.1 Å². The number of hydrogen-bond acceptors (Lipinski definition) is 3. The Morgan fingerprint density at radius 2 is 2.43 bits per heavy atom. The van der Waals surface area contributed by atoms with Crippen molar-refractivity contribution in [2.75, 3.05) is 18.2 Å². The van der Waals surface area contributed by atoms with E-state index in [1.807, 2.05) is 19.1 Å². The second kappa shape index (κ2) is 6.96. The van der Waals surface area contributed by atoms with Crippen molar-refractivity contribution in [1.82, 2.24) is 4.98 Å². The molecular weight excluding hydrogens is 218 g/mol. The van der Waals surface area contributed by atoms with Crippen molar-refractivity contribution in [2.45, 2.75) is 18.4 Å². The molecule has 0 aliphatic heterocycles. The summed E-state index contributed by atoms with van der Waals surface area (Å²) < 4.78 is 5.45. The van der Waals surface area contributed by atoms with Crippen molar-refractivity contribution in [3.63, 3.8) is 0 Å². The van der Waals surface area contributed by atoms with Gasteiger partial charge in [0.05, 0.1) is 6.61 Å². The molecule has 1 heterocycles. The lowest BCUT2D eigenvalue weighted by atomic mass is 10.5. The molecule has 4 heteroatoms. The maximum Gasteiger partial charge on any atom is 0.151 e. The molecule has 0 spiro atoms. The summed E-state index contributed by atoms with van der Waals surface area (Å²) in [6.45, 7) is 2.65. The average molecular weight is 232 g/mol. The molecule has 1 rings (SSSR count). The quantitative estimate of drug-likeness (QED) is 0.427. The summed E-state index contributed by atoms with van der Waals surface area (Å²) >= 11 is 7.29. The number of hydrogen-bond donors (Lipinski definition) is 0. The maximum absolute atomic E-state index is 5.60. The standard InChI is InChI=1S/C10H14ClNOS/c1-2-13-9-5-3-7-12-10(9)14-8-4-6-11/h3,5,7H,2,4,6,8H2,1H3. The van der Waals surface area contributed by atoms with Crippen molar-refractivity contribution >= 4 is 23.4 Å². The lowest BCUT2D eigenvalue weighted by Crippen LogP contribution is -1.95. The first-order valence-electron chi connectivity index (χ1n) is 4.65. The van der Waals surface area contributed by atoms with Gasteiger partial charge in [-0.2, -0.15) is 0 Å². The van der Waals surface area contributed by atoms with Crippen LogP contribution in [0.5, 0.6) is 5.75 Å². The molecule has 0 saturated carbocycles. The third-order valence-electron chi connectivity index (χ3n) is 1.55. The van der Waals surface area contributed by atoms with E-state index in [-0.39, 0.29) is 0 Å². The molecule has 0 N–H and O–H groups in total. The molecule has 1 aromatic heterocycles. The number of thioether (sulfide) groups is 1. The fraction of sp³-hybridized carbons (Fsp3) is 0.500. The summed E-state index contributed by atoms with van der Waals surface area (Å²) in [5.74, 6) is 2.55. The van der Waals surface area contributed by atoms with Crippen LogP contribution in [-0.4, -0.2) is 23.2 Å². The van der Waals surface area contributed by atoms with Gasteiger partial charge in [-0.25, -0.2) is 4.98 Å². The molecule has 0 aromatic carbocycles. The highest BCUT2D eigenvalue weighted by molar-refractivity contribution is 7.99. The Kier molecular flexibility index (Phi) is 5.80. The molecule has 0 unspecified atom stereocenters.